The van der Waals surface area contributed by atoms with E-state index in [1.54, 1.807) is 33.8 Å². The topological polar surface area (TPSA) is 198 Å². The van der Waals surface area contributed by atoms with E-state index in [1.807, 2.05) is 38.9 Å². The van der Waals surface area contributed by atoms with Gasteiger partial charge in [-0.25, -0.2) is 0 Å². The number of ether oxygens (including phenoxy) is 9. The van der Waals surface area contributed by atoms with Crippen molar-refractivity contribution in [2.24, 2.45) is 11.8 Å². The Hall–Kier alpha value is -2.54. The molecular formula is C40H65NO15. The number of hydrogen-bond acceptors (Lipinski definition) is 16. The van der Waals surface area contributed by atoms with Gasteiger partial charge in [-0.05, 0) is 60.0 Å². The molecule has 320 valence electrons. The van der Waals surface area contributed by atoms with Crippen molar-refractivity contribution >= 4 is 24.2 Å². The van der Waals surface area contributed by atoms with Crippen molar-refractivity contribution in [1.82, 2.24) is 4.90 Å². The first-order valence-corrected chi connectivity index (χ1v) is 19.9. The van der Waals surface area contributed by atoms with E-state index in [4.69, 9.17) is 42.6 Å². The predicted molar refractivity (Wildman–Crippen MR) is 199 cm³/mol. The van der Waals surface area contributed by atoms with E-state index < -0.39 is 96.9 Å². The van der Waals surface area contributed by atoms with Crippen LogP contribution in [0.25, 0.3) is 0 Å². The van der Waals surface area contributed by atoms with Crippen molar-refractivity contribution in [3.63, 3.8) is 0 Å². The number of aldehydes is 1. The molecule has 0 amide bonds. The zero-order valence-electron chi connectivity index (χ0n) is 34.6. The van der Waals surface area contributed by atoms with Gasteiger partial charge in [0.2, 0.25) is 0 Å². The van der Waals surface area contributed by atoms with Crippen LogP contribution in [0.5, 0.6) is 0 Å². The van der Waals surface area contributed by atoms with Crippen molar-refractivity contribution in [3.05, 3.63) is 12.2 Å². The lowest BCUT2D eigenvalue weighted by atomic mass is 9.82. The molecule has 0 aromatic heterocycles. The first-order valence-electron chi connectivity index (χ1n) is 19.9. The summed E-state index contributed by atoms with van der Waals surface area (Å²) in [7, 11) is 5.21. The summed E-state index contributed by atoms with van der Waals surface area (Å²) in [6.45, 7) is 11.7. The molecule has 4 aliphatic heterocycles. The molecule has 0 unspecified atom stereocenters. The molecule has 56 heavy (non-hydrogen) atoms. The molecule has 4 heterocycles. The number of aliphatic hydroxyl groups excluding tert-OH is 1. The van der Waals surface area contributed by atoms with Crippen LogP contribution in [0.2, 0.25) is 0 Å². The first-order chi connectivity index (χ1) is 26.4. The van der Waals surface area contributed by atoms with Crippen LogP contribution in [0.15, 0.2) is 12.2 Å². The maximum Gasteiger partial charge on any atom is 0.309 e. The van der Waals surface area contributed by atoms with Crippen LogP contribution in [0, 0.1) is 11.8 Å². The number of carbonyl (C=O) groups excluding carboxylic acids is 4. The fraction of sp³-hybridized carbons (Fsp3) is 0.850. The average molecular weight is 800 g/mol. The van der Waals surface area contributed by atoms with Crippen LogP contribution in [-0.2, 0) is 61.8 Å². The third-order valence-corrected chi connectivity index (χ3v) is 11.2. The summed E-state index contributed by atoms with van der Waals surface area (Å²) < 4.78 is 54.7. The van der Waals surface area contributed by atoms with Crippen LogP contribution in [0.4, 0.5) is 0 Å². The SMILES string of the molecule is CCC(=O)O[C@H]1CC(=O)O[C@H](C)C[C@@H]2O[C@@H]2/C=C/[C@H](O)[C@@H](C)C[C@H](CC=O)[C@H](O[C@H]2C[C@H](N(C)C)[C@H](O[C@H]3C[C@](C)(O)[C@@H](OC(C)=O)[C@@H](C)O3)[C@@H](C)O2)[C@H]1OC. The van der Waals surface area contributed by atoms with Crippen LogP contribution < -0.4 is 0 Å². The highest BCUT2D eigenvalue weighted by Crippen LogP contribution is 2.38. The second-order valence-corrected chi connectivity index (χ2v) is 16.3. The quantitative estimate of drug-likeness (QED) is 0.102. The van der Waals surface area contributed by atoms with E-state index in [-0.39, 0.29) is 56.3 Å². The molecule has 0 bridgehead atoms. The number of carbonyl (C=O) groups is 4. The number of fused-ring (bicyclic) bond motifs is 1. The molecule has 4 aliphatic rings. The molecule has 0 aliphatic carbocycles. The van der Waals surface area contributed by atoms with Crippen molar-refractivity contribution in [1.29, 1.82) is 0 Å². The van der Waals surface area contributed by atoms with E-state index in [0.717, 1.165) is 6.29 Å². The molecule has 2 N–H and O–H groups in total. The van der Waals surface area contributed by atoms with Gasteiger partial charge in [-0.15, -0.1) is 0 Å². The molecule has 0 saturated carbocycles. The lowest BCUT2D eigenvalue weighted by Gasteiger charge is -2.48. The number of rotatable bonds is 11. The maximum absolute atomic E-state index is 13.4. The molecule has 0 radical (unpaired) electrons. The van der Waals surface area contributed by atoms with E-state index >= 15 is 0 Å². The summed E-state index contributed by atoms with van der Waals surface area (Å²) in [6.07, 6.45) is -4.31. The van der Waals surface area contributed by atoms with Crippen LogP contribution in [0.1, 0.15) is 93.4 Å². The van der Waals surface area contributed by atoms with Gasteiger partial charge in [0.25, 0.3) is 0 Å². The fourth-order valence-corrected chi connectivity index (χ4v) is 8.24. The maximum atomic E-state index is 13.4. The second-order valence-electron chi connectivity index (χ2n) is 16.3. The number of esters is 3. The number of hydrogen-bond donors (Lipinski definition) is 2. The van der Waals surface area contributed by atoms with Crippen molar-refractivity contribution in [3.8, 4) is 0 Å². The van der Waals surface area contributed by atoms with E-state index in [2.05, 4.69) is 0 Å². The van der Waals surface area contributed by atoms with Crippen molar-refractivity contribution < 1.29 is 72.0 Å². The molecule has 3 saturated heterocycles. The van der Waals surface area contributed by atoms with Crippen molar-refractivity contribution in [2.45, 2.75) is 185 Å². The number of methoxy groups -OCH3 is 1. The zero-order chi connectivity index (χ0) is 41.5. The minimum absolute atomic E-state index is 0.00558. The number of aliphatic hydroxyl groups is 2. The van der Waals surface area contributed by atoms with Gasteiger partial charge in [-0.2, -0.15) is 0 Å². The number of likely N-dealkylation sites (N-methyl/N-ethyl adjacent to an activating group) is 1. The lowest BCUT2D eigenvalue weighted by molar-refractivity contribution is -0.325. The van der Waals surface area contributed by atoms with Gasteiger partial charge in [-0.3, -0.25) is 14.4 Å². The molecule has 16 heteroatoms. The monoisotopic (exact) mass is 799 g/mol. The van der Waals surface area contributed by atoms with Gasteiger partial charge >= 0.3 is 17.9 Å². The van der Waals surface area contributed by atoms with Gasteiger partial charge in [0, 0.05) is 52.2 Å². The zero-order valence-corrected chi connectivity index (χ0v) is 34.6. The fourth-order valence-electron chi connectivity index (χ4n) is 8.24. The standard InChI is InChI=1S/C40H65NO15/c1-11-32(45)54-31-19-33(46)49-22(3)17-30-29(53-30)13-12-28(44)21(2)16-26(14-15-42)37(38(31)48-10)55-34-18-27(41(8)9)36(23(4)50-34)56-35-20-40(7,47)39(24(5)51-35)52-25(6)43/h12-13,15,21-24,26-31,34-39,44,47H,11,14,16-20H2,1-10H3/b13-12+/t21-,22+,23+,24+,26-,27-,28-,29+,30-,31-,34-,35-,36+,37-,38-,39-,40-/m0/s1. The Bertz CT molecular complexity index is 1340. The first kappa shape index (κ1) is 46.2. The Kier molecular flexibility index (Phi) is 16.8. The molecular weight excluding hydrogens is 734 g/mol. The number of epoxide rings is 1. The van der Waals surface area contributed by atoms with E-state index in [1.165, 1.54) is 14.0 Å². The predicted octanol–water partition coefficient (Wildman–Crippen LogP) is 2.62. The Balaban J connectivity index is 1.64. The summed E-state index contributed by atoms with van der Waals surface area (Å²) >= 11 is 0. The molecule has 0 aromatic rings. The van der Waals surface area contributed by atoms with Gasteiger partial charge in [-0.1, -0.05) is 26.0 Å². The smallest absolute Gasteiger partial charge is 0.309 e. The summed E-state index contributed by atoms with van der Waals surface area (Å²) in [4.78, 5) is 52.2. The lowest BCUT2D eigenvalue weighted by Crippen LogP contribution is -2.61. The van der Waals surface area contributed by atoms with Gasteiger partial charge in [0.05, 0.1) is 36.9 Å². The summed E-state index contributed by atoms with van der Waals surface area (Å²) in [6, 6.07) is -0.306. The van der Waals surface area contributed by atoms with Crippen LogP contribution in [0.3, 0.4) is 0 Å². The molecule has 3 fully saturated rings. The van der Waals surface area contributed by atoms with Crippen LogP contribution in [-0.4, -0.2) is 152 Å². The Morgan fingerprint density at radius 2 is 1.64 bits per heavy atom. The number of nitrogens with zero attached hydrogens (tertiary/aromatic N) is 1. The molecule has 0 spiro atoms. The average Bonchev–Trinajstić information content (AvgIpc) is 3.85. The summed E-state index contributed by atoms with van der Waals surface area (Å²) in [5, 5.41) is 22.4. The molecule has 16 nitrogen and oxygen atoms in total. The van der Waals surface area contributed by atoms with E-state index in [9.17, 15) is 29.4 Å². The molecule has 17 atom stereocenters. The van der Waals surface area contributed by atoms with E-state index in [0.29, 0.717) is 12.8 Å². The highest BCUT2D eigenvalue weighted by molar-refractivity contribution is 5.72. The van der Waals surface area contributed by atoms with Gasteiger partial charge < -0.3 is 62.5 Å². The third-order valence-electron chi connectivity index (χ3n) is 11.2. The van der Waals surface area contributed by atoms with Crippen molar-refractivity contribution in [2.75, 3.05) is 21.2 Å². The highest BCUT2D eigenvalue weighted by Gasteiger charge is 2.50. The summed E-state index contributed by atoms with van der Waals surface area (Å²) in [5.74, 6) is -2.62. The van der Waals surface area contributed by atoms with Gasteiger partial charge in [0.15, 0.2) is 18.7 Å². The minimum Gasteiger partial charge on any atom is -0.462 e. The largest absolute Gasteiger partial charge is 0.462 e. The van der Waals surface area contributed by atoms with Gasteiger partial charge in [0.1, 0.15) is 42.4 Å². The Morgan fingerprint density at radius 1 is 0.964 bits per heavy atom. The molecule has 4 rings (SSSR count). The minimum atomic E-state index is -1.42. The normalized spacial score (nSPS) is 43.2. The number of cyclic esters (lactones) is 1. The van der Waals surface area contributed by atoms with Crippen LogP contribution >= 0.6 is 0 Å². The molecule has 0 aromatic carbocycles. The Morgan fingerprint density at radius 3 is 2.25 bits per heavy atom. The third kappa shape index (κ3) is 12.5. The summed E-state index contributed by atoms with van der Waals surface area (Å²) in [5.41, 5.74) is -1.42. The Labute approximate surface area is 330 Å². The highest BCUT2D eigenvalue weighted by atomic mass is 16.7. The second kappa shape index (κ2) is 20.4.